The van der Waals surface area contributed by atoms with Crippen LogP contribution in [0.3, 0.4) is 0 Å². The van der Waals surface area contributed by atoms with E-state index in [2.05, 4.69) is 35.3 Å². The molecule has 6 heteroatoms. The fourth-order valence-electron chi connectivity index (χ4n) is 2.41. The number of carbonyl (C=O) groups is 2. The Morgan fingerprint density at radius 1 is 0.960 bits per heavy atom. The lowest BCUT2D eigenvalue weighted by Gasteiger charge is -2.16. The minimum Gasteiger partial charge on any atom is -0.478 e. The van der Waals surface area contributed by atoms with Gasteiger partial charge in [0.05, 0.1) is 5.69 Å². The number of allylic oxidation sites excluding steroid dienone is 1. The summed E-state index contributed by atoms with van der Waals surface area (Å²) in [5, 5.41) is 15.6. The van der Waals surface area contributed by atoms with Gasteiger partial charge in [0.2, 0.25) is 0 Å². The van der Waals surface area contributed by atoms with Gasteiger partial charge in [-0.05, 0) is 47.8 Å². The number of anilines is 1. The quantitative estimate of drug-likeness (QED) is 0.742. The Balaban J connectivity index is 0.000000242. The predicted molar refractivity (Wildman–Crippen MR) is 95.7 cm³/mol. The molecule has 3 rings (SSSR count). The van der Waals surface area contributed by atoms with E-state index >= 15 is 0 Å². The maximum Gasteiger partial charge on any atom is 0.328 e. The molecule has 0 aliphatic heterocycles. The van der Waals surface area contributed by atoms with Gasteiger partial charge in [-0.1, -0.05) is 30.3 Å². The van der Waals surface area contributed by atoms with Gasteiger partial charge in [-0.15, -0.1) is 0 Å². The highest BCUT2D eigenvalue weighted by atomic mass is 16.4. The molecule has 0 saturated heterocycles. The molecule has 25 heavy (non-hydrogen) atoms. The molecule has 1 aromatic carbocycles. The fourth-order valence-corrected chi connectivity index (χ4v) is 2.41. The molecule has 0 atom stereocenters. The van der Waals surface area contributed by atoms with Crippen molar-refractivity contribution >= 4 is 29.4 Å². The number of fused-ring (bicyclic) bond motifs is 1. The Labute approximate surface area is 144 Å². The number of aliphatic carboxylic acids is 2. The van der Waals surface area contributed by atoms with E-state index < -0.39 is 11.9 Å². The van der Waals surface area contributed by atoms with Gasteiger partial charge in [0.15, 0.2) is 0 Å². The average Bonchev–Trinajstić information content (AvgIpc) is 2.60. The molecule has 0 spiro atoms. The summed E-state index contributed by atoms with van der Waals surface area (Å²) in [5.41, 5.74) is 10.7. The zero-order valence-electron chi connectivity index (χ0n) is 13.4. The lowest BCUT2D eigenvalue weighted by Crippen LogP contribution is -2.01. The van der Waals surface area contributed by atoms with Gasteiger partial charge >= 0.3 is 11.9 Å². The smallest absolute Gasteiger partial charge is 0.328 e. The Morgan fingerprint density at radius 2 is 1.64 bits per heavy atom. The second kappa shape index (κ2) is 8.44. The third-order valence-corrected chi connectivity index (χ3v) is 3.52. The number of aryl methyl sites for hydroxylation is 1. The Bertz CT molecular complexity index is 825. The molecule has 1 aromatic heterocycles. The number of benzene rings is 1. The van der Waals surface area contributed by atoms with Gasteiger partial charge in [-0.25, -0.2) is 14.6 Å². The van der Waals surface area contributed by atoms with Crippen molar-refractivity contribution in [3.05, 3.63) is 71.4 Å². The van der Waals surface area contributed by atoms with Crippen LogP contribution in [0.5, 0.6) is 0 Å². The van der Waals surface area contributed by atoms with E-state index in [1.165, 1.54) is 16.7 Å². The van der Waals surface area contributed by atoms with Crippen LogP contribution in [0.15, 0.2) is 54.6 Å². The Hall–Kier alpha value is -3.41. The maximum absolute atomic E-state index is 9.55. The first-order valence-electron chi connectivity index (χ1n) is 7.61. The second-order valence-electron chi connectivity index (χ2n) is 5.33. The zero-order valence-corrected chi connectivity index (χ0v) is 13.4. The zero-order chi connectivity index (χ0) is 18.2. The molecule has 0 fully saturated rings. The molecule has 128 valence electrons. The molecule has 0 unspecified atom stereocenters. The van der Waals surface area contributed by atoms with Gasteiger partial charge in [-0.2, -0.15) is 0 Å². The highest BCUT2D eigenvalue weighted by Gasteiger charge is 2.11. The lowest BCUT2D eigenvalue weighted by atomic mass is 9.91. The first kappa shape index (κ1) is 17.9. The molecule has 0 amide bonds. The van der Waals surface area contributed by atoms with Gasteiger partial charge in [0, 0.05) is 12.2 Å². The van der Waals surface area contributed by atoms with E-state index in [0.29, 0.717) is 18.0 Å². The molecule has 0 bridgehead atoms. The Morgan fingerprint density at radius 3 is 2.28 bits per heavy atom. The van der Waals surface area contributed by atoms with Crippen LogP contribution in [0.2, 0.25) is 0 Å². The Kier molecular flexibility index (Phi) is 6.06. The highest BCUT2D eigenvalue weighted by Crippen LogP contribution is 2.29. The standard InChI is InChI=1S/C15H14N2.C4H4O4/c16-15-7-3-6-14(17-15)13-9-8-11-4-1-2-5-12(11)10-13;5-3(6)1-2-4(7)8/h1-7,10H,8-9H2,(H2,16,17);1-2H,(H,5,6)(H,7,8). The third kappa shape index (κ3) is 5.62. The van der Waals surface area contributed by atoms with Gasteiger partial charge in [0.1, 0.15) is 5.82 Å². The molecule has 0 radical (unpaired) electrons. The summed E-state index contributed by atoms with van der Waals surface area (Å²) in [6.45, 7) is 0. The molecule has 0 saturated carbocycles. The van der Waals surface area contributed by atoms with Crippen molar-refractivity contribution in [2.45, 2.75) is 12.8 Å². The summed E-state index contributed by atoms with van der Waals surface area (Å²) in [7, 11) is 0. The first-order chi connectivity index (χ1) is 12.0. The molecule has 4 N–H and O–H groups in total. The largest absolute Gasteiger partial charge is 0.478 e. The van der Waals surface area contributed by atoms with Gasteiger partial charge in [0.25, 0.3) is 0 Å². The number of carboxylic acid groups (broad SMARTS) is 2. The topological polar surface area (TPSA) is 114 Å². The summed E-state index contributed by atoms with van der Waals surface area (Å²) in [4.78, 5) is 23.5. The number of nitrogens with zero attached hydrogens (tertiary/aromatic N) is 1. The second-order valence-corrected chi connectivity index (χ2v) is 5.33. The van der Waals surface area contributed by atoms with Crippen molar-refractivity contribution in [3.8, 4) is 0 Å². The predicted octanol–water partition coefficient (Wildman–Crippen LogP) is 2.86. The van der Waals surface area contributed by atoms with Crippen LogP contribution in [0.25, 0.3) is 11.6 Å². The number of aromatic nitrogens is 1. The molecule has 1 aliphatic carbocycles. The van der Waals surface area contributed by atoms with Crippen molar-refractivity contribution in [2.75, 3.05) is 5.73 Å². The highest BCUT2D eigenvalue weighted by molar-refractivity contribution is 5.89. The summed E-state index contributed by atoms with van der Waals surface area (Å²) in [5.74, 6) is -1.93. The number of carboxylic acids is 2. The summed E-state index contributed by atoms with van der Waals surface area (Å²) in [6.07, 6.45) is 5.46. The SMILES string of the molecule is Nc1cccc(C2=Cc3ccccc3CC2)n1.O=C(O)C=CC(=O)O. The number of hydrogen-bond acceptors (Lipinski definition) is 4. The van der Waals surface area contributed by atoms with Crippen molar-refractivity contribution in [3.63, 3.8) is 0 Å². The summed E-state index contributed by atoms with van der Waals surface area (Å²) in [6, 6.07) is 14.3. The van der Waals surface area contributed by atoms with Crippen LogP contribution in [0.1, 0.15) is 23.2 Å². The summed E-state index contributed by atoms with van der Waals surface area (Å²) >= 11 is 0. The molecule has 2 aromatic rings. The van der Waals surface area contributed by atoms with Crippen LogP contribution in [-0.4, -0.2) is 27.1 Å². The number of pyridine rings is 1. The minimum absolute atomic E-state index is 0.558. The van der Waals surface area contributed by atoms with E-state index in [-0.39, 0.29) is 0 Å². The van der Waals surface area contributed by atoms with Gasteiger partial charge < -0.3 is 15.9 Å². The monoisotopic (exact) mass is 338 g/mol. The van der Waals surface area contributed by atoms with Crippen LogP contribution in [0.4, 0.5) is 5.82 Å². The normalized spacial score (nSPS) is 12.6. The average molecular weight is 338 g/mol. The van der Waals surface area contributed by atoms with Gasteiger partial charge in [-0.3, -0.25) is 0 Å². The molecular weight excluding hydrogens is 320 g/mol. The number of nitrogens with two attached hydrogens (primary N) is 1. The first-order valence-corrected chi connectivity index (χ1v) is 7.61. The van der Waals surface area contributed by atoms with Crippen LogP contribution in [-0.2, 0) is 16.0 Å². The van der Waals surface area contributed by atoms with E-state index in [9.17, 15) is 9.59 Å². The van der Waals surface area contributed by atoms with E-state index in [4.69, 9.17) is 15.9 Å². The van der Waals surface area contributed by atoms with Crippen molar-refractivity contribution in [2.24, 2.45) is 0 Å². The maximum atomic E-state index is 9.55. The number of hydrogen-bond donors (Lipinski definition) is 3. The van der Waals surface area contributed by atoms with Crippen molar-refractivity contribution < 1.29 is 19.8 Å². The van der Waals surface area contributed by atoms with Crippen LogP contribution in [0, 0.1) is 0 Å². The van der Waals surface area contributed by atoms with E-state index in [1.54, 1.807) is 0 Å². The van der Waals surface area contributed by atoms with Crippen molar-refractivity contribution in [1.82, 2.24) is 4.98 Å². The number of rotatable bonds is 3. The summed E-state index contributed by atoms with van der Waals surface area (Å²) < 4.78 is 0. The molecular formula is C19H18N2O4. The third-order valence-electron chi connectivity index (χ3n) is 3.52. The molecule has 1 heterocycles. The fraction of sp³-hybridized carbons (Fsp3) is 0.105. The number of nitrogen functional groups attached to an aromatic ring is 1. The lowest BCUT2D eigenvalue weighted by molar-refractivity contribution is -0.134. The van der Waals surface area contributed by atoms with E-state index in [0.717, 1.165) is 18.5 Å². The van der Waals surface area contributed by atoms with Crippen molar-refractivity contribution in [1.29, 1.82) is 0 Å². The molecule has 1 aliphatic rings. The minimum atomic E-state index is -1.26. The van der Waals surface area contributed by atoms with Crippen LogP contribution < -0.4 is 5.73 Å². The van der Waals surface area contributed by atoms with Crippen LogP contribution >= 0.6 is 0 Å². The molecule has 6 nitrogen and oxygen atoms in total. The van der Waals surface area contributed by atoms with E-state index in [1.807, 2.05) is 18.2 Å².